The van der Waals surface area contributed by atoms with Crippen molar-refractivity contribution in [3.63, 3.8) is 0 Å². The molecule has 2 aromatic carbocycles. The number of nitrogens with one attached hydrogen (secondary N) is 1. The third-order valence-electron chi connectivity index (χ3n) is 7.11. The number of nitrogen functional groups attached to an aromatic ring is 1. The van der Waals surface area contributed by atoms with E-state index in [-0.39, 0.29) is 18.1 Å². The second kappa shape index (κ2) is 12.1. The average molecular weight is 517 g/mol. The van der Waals surface area contributed by atoms with Gasteiger partial charge in [-0.2, -0.15) is 0 Å². The number of nitrogens with two attached hydrogens (primary N) is 1. The van der Waals surface area contributed by atoms with E-state index in [1.807, 2.05) is 61.6 Å². The van der Waals surface area contributed by atoms with E-state index in [0.29, 0.717) is 50.2 Å². The highest BCUT2D eigenvalue weighted by Crippen LogP contribution is 2.25. The number of carbonyl (C=O) groups excluding carboxylic acids is 1. The van der Waals surface area contributed by atoms with Crippen LogP contribution >= 0.6 is 0 Å². The van der Waals surface area contributed by atoms with Crippen molar-refractivity contribution in [1.29, 1.82) is 0 Å². The molecule has 0 bridgehead atoms. The van der Waals surface area contributed by atoms with Gasteiger partial charge < -0.3 is 21.1 Å². The van der Waals surface area contributed by atoms with Crippen LogP contribution in [0.25, 0.3) is 0 Å². The van der Waals surface area contributed by atoms with Crippen LogP contribution in [-0.2, 0) is 24.3 Å². The zero-order valence-electron chi connectivity index (χ0n) is 22.1. The largest absolute Gasteiger partial charge is 0.392 e. The average Bonchev–Trinajstić information content (AvgIpc) is 2.93. The molecule has 3 aromatic rings. The number of hydrogen-bond donors (Lipinski definition) is 3. The molecule has 1 aromatic heterocycles. The summed E-state index contributed by atoms with van der Waals surface area (Å²) in [4.78, 5) is 36.4. The maximum Gasteiger partial charge on any atom is 0.277 e. The fourth-order valence-corrected chi connectivity index (χ4v) is 4.86. The Hall–Kier alpha value is -3.82. The third kappa shape index (κ3) is 6.35. The van der Waals surface area contributed by atoms with E-state index in [2.05, 4.69) is 15.3 Å². The molecule has 1 fully saturated rings. The van der Waals surface area contributed by atoms with Crippen LogP contribution in [0.15, 0.2) is 70.7 Å². The number of aryl methyl sites for hydroxylation is 1. The van der Waals surface area contributed by atoms with Gasteiger partial charge in [-0.05, 0) is 37.4 Å². The van der Waals surface area contributed by atoms with Crippen molar-refractivity contribution in [2.45, 2.75) is 44.4 Å². The first-order chi connectivity index (χ1) is 18.3. The van der Waals surface area contributed by atoms with E-state index in [4.69, 9.17) is 5.73 Å². The molecule has 1 aliphatic rings. The number of rotatable bonds is 9. The fourth-order valence-electron chi connectivity index (χ4n) is 4.86. The Morgan fingerprint density at radius 3 is 2.42 bits per heavy atom. The summed E-state index contributed by atoms with van der Waals surface area (Å²) in [5.74, 6) is 0.0775. The van der Waals surface area contributed by atoms with Crippen LogP contribution < -0.4 is 16.6 Å². The Morgan fingerprint density at radius 2 is 1.79 bits per heavy atom. The van der Waals surface area contributed by atoms with E-state index in [1.165, 1.54) is 10.9 Å². The van der Waals surface area contributed by atoms with Gasteiger partial charge >= 0.3 is 0 Å². The number of benzene rings is 2. The standard InChI is InChI=1S/C29H36N6O3/c1-31-18-22-8-11-23(12-9-22)26(32-2)27-25(30)28(37)35(20-33-27)19-29(38)14-16-34(17-15-29)24(36)13-10-21-6-4-3-5-7-21/h3-9,11-12,20,31,38H,10,13-19,30H2,1-2H3. The minimum Gasteiger partial charge on any atom is -0.392 e. The van der Waals surface area contributed by atoms with Crippen molar-refractivity contribution in [3.05, 3.63) is 93.7 Å². The molecule has 9 heteroatoms. The molecule has 0 unspecified atom stereocenters. The van der Waals surface area contributed by atoms with Gasteiger partial charge in [0, 0.05) is 38.7 Å². The maximum atomic E-state index is 13.1. The number of aliphatic imine (C=N–C) groups is 1. The molecule has 1 aliphatic heterocycles. The molecule has 2 heterocycles. The molecule has 0 spiro atoms. The van der Waals surface area contributed by atoms with Crippen molar-refractivity contribution in [2.24, 2.45) is 4.99 Å². The summed E-state index contributed by atoms with van der Waals surface area (Å²) in [6, 6.07) is 17.8. The highest BCUT2D eigenvalue weighted by Gasteiger charge is 2.34. The van der Waals surface area contributed by atoms with Crippen LogP contribution in [-0.4, -0.2) is 64.0 Å². The highest BCUT2D eigenvalue weighted by molar-refractivity contribution is 6.14. The Balaban J connectivity index is 1.40. The maximum absolute atomic E-state index is 13.1. The first-order valence-corrected chi connectivity index (χ1v) is 12.9. The summed E-state index contributed by atoms with van der Waals surface area (Å²) in [5.41, 5.74) is 8.61. The Kier molecular flexibility index (Phi) is 8.70. The quantitative estimate of drug-likeness (QED) is 0.374. The van der Waals surface area contributed by atoms with Gasteiger partial charge in [-0.15, -0.1) is 0 Å². The van der Waals surface area contributed by atoms with Crippen molar-refractivity contribution < 1.29 is 9.90 Å². The summed E-state index contributed by atoms with van der Waals surface area (Å²) < 4.78 is 1.36. The second-order valence-electron chi connectivity index (χ2n) is 9.83. The second-order valence-corrected chi connectivity index (χ2v) is 9.83. The molecule has 38 heavy (non-hydrogen) atoms. The zero-order valence-corrected chi connectivity index (χ0v) is 22.1. The molecule has 1 amide bonds. The minimum absolute atomic E-state index is 0.00970. The topological polar surface area (TPSA) is 126 Å². The van der Waals surface area contributed by atoms with E-state index in [9.17, 15) is 14.7 Å². The molecule has 200 valence electrons. The summed E-state index contributed by atoms with van der Waals surface area (Å²) in [7, 11) is 3.53. The molecule has 4 rings (SSSR count). The van der Waals surface area contributed by atoms with Crippen LogP contribution in [0.1, 0.15) is 41.6 Å². The lowest BCUT2D eigenvalue weighted by Gasteiger charge is -2.38. The number of nitrogens with zero attached hydrogens (tertiary/aromatic N) is 4. The Morgan fingerprint density at radius 1 is 1.11 bits per heavy atom. The van der Waals surface area contributed by atoms with Gasteiger partial charge in [-0.3, -0.25) is 19.1 Å². The predicted octanol–water partition coefficient (Wildman–Crippen LogP) is 2.00. The number of piperidine rings is 1. The summed E-state index contributed by atoms with van der Waals surface area (Å²) in [5, 5.41) is 14.3. The molecule has 0 radical (unpaired) electrons. The van der Waals surface area contributed by atoms with Crippen LogP contribution in [0.2, 0.25) is 0 Å². The normalized spacial score (nSPS) is 15.4. The van der Waals surface area contributed by atoms with Crippen molar-refractivity contribution in [2.75, 3.05) is 32.9 Å². The van der Waals surface area contributed by atoms with E-state index < -0.39 is 11.2 Å². The number of anilines is 1. The molecule has 1 saturated heterocycles. The highest BCUT2D eigenvalue weighted by atomic mass is 16.3. The van der Waals surface area contributed by atoms with Gasteiger partial charge in [-0.1, -0.05) is 54.6 Å². The first-order valence-electron chi connectivity index (χ1n) is 12.9. The summed E-state index contributed by atoms with van der Waals surface area (Å²) in [6.45, 7) is 1.69. The van der Waals surface area contributed by atoms with Gasteiger partial charge in [0.1, 0.15) is 11.4 Å². The minimum atomic E-state index is -1.12. The molecule has 9 nitrogen and oxygen atoms in total. The Bertz CT molecular complexity index is 1330. The lowest BCUT2D eigenvalue weighted by Crippen LogP contribution is -2.50. The third-order valence-corrected chi connectivity index (χ3v) is 7.11. The molecule has 0 aliphatic carbocycles. The van der Waals surface area contributed by atoms with E-state index in [1.54, 1.807) is 11.9 Å². The Labute approximate surface area is 223 Å². The van der Waals surface area contributed by atoms with Crippen LogP contribution in [0.5, 0.6) is 0 Å². The van der Waals surface area contributed by atoms with E-state index >= 15 is 0 Å². The van der Waals surface area contributed by atoms with Gasteiger partial charge in [0.15, 0.2) is 0 Å². The summed E-state index contributed by atoms with van der Waals surface area (Å²) in [6.07, 6.45) is 3.29. The van der Waals surface area contributed by atoms with Gasteiger partial charge in [0.2, 0.25) is 5.91 Å². The molecule has 0 atom stereocenters. The molecular formula is C29H36N6O3. The van der Waals surface area contributed by atoms with E-state index in [0.717, 1.165) is 23.2 Å². The van der Waals surface area contributed by atoms with Crippen LogP contribution in [0.4, 0.5) is 5.69 Å². The van der Waals surface area contributed by atoms with Crippen molar-refractivity contribution >= 4 is 17.3 Å². The number of aliphatic hydroxyl groups is 1. The smallest absolute Gasteiger partial charge is 0.277 e. The number of amides is 1. The van der Waals surface area contributed by atoms with Crippen molar-refractivity contribution in [1.82, 2.24) is 19.8 Å². The first kappa shape index (κ1) is 27.2. The predicted molar refractivity (Wildman–Crippen MR) is 149 cm³/mol. The molecule has 4 N–H and O–H groups in total. The molecule has 0 saturated carbocycles. The lowest BCUT2D eigenvalue weighted by atomic mass is 9.91. The number of carbonyl (C=O) groups is 1. The number of likely N-dealkylation sites (tertiary alicyclic amines) is 1. The van der Waals surface area contributed by atoms with Gasteiger partial charge in [0.05, 0.1) is 24.2 Å². The monoisotopic (exact) mass is 516 g/mol. The number of hydrogen-bond acceptors (Lipinski definition) is 7. The molecular weight excluding hydrogens is 480 g/mol. The summed E-state index contributed by atoms with van der Waals surface area (Å²) >= 11 is 0. The van der Waals surface area contributed by atoms with Crippen LogP contribution in [0.3, 0.4) is 0 Å². The zero-order chi connectivity index (χ0) is 27.1. The fraction of sp³-hybridized carbons (Fsp3) is 0.379. The van der Waals surface area contributed by atoms with Gasteiger partial charge in [0.25, 0.3) is 5.56 Å². The number of aromatic nitrogens is 2. The van der Waals surface area contributed by atoms with Gasteiger partial charge in [-0.25, -0.2) is 4.98 Å². The van der Waals surface area contributed by atoms with Crippen LogP contribution in [0, 0.1) is 0 Å². The lowest BCUT2D eigenvalue weighted by molar-refractivity contribution is -0.135. The SMILES string of the molecule is CN=C(c1ccc(CNC)cc1)c1ncn(CC2(O)CCN(C(=O)CCc3ccccc3)CC2)c(=O)c1N. The van der Waals surface area contributed by atoms with Crippen molar-refractivity contribution in [3.8, 4) is 0 Å².